The third-order valence-corrected chi connectivity index (χ3v) is 5.63. The Morgan fingerprint density at radius 2 is 1.18 bits per heavy atom. The lowest BCUT2D eigenvalue weighted by atomic mass is 10.0. The fraction of sp³-hybridized carbons (Fsp3) is 0.560. The van der Waals surface area contributed by atoms with Crippen molar-refractivity contribution in [1.29, 1.82) is 0 Å². The van der Waals surface area contributed by atoms with E-state index in [-0.39, 0.29) is 26.1 Å². The highest BCUT2D eigenvalue weighted by Gasteiger charge is 2.27. The van der Waals surface area contributed by atoms with Crippen LogP contribution in [0, 0.1) is 0 Å². The third-order valence-electron chi connectivity index (χ3n) is 5.63. The molecular formula is C25H37N3O11. The van der Waals surface area contributed by atoms with Crippen LogP contribution in [-0.4, -0.2) is 135 Å². The molecule has 0 bridgehead atoms. The quantitative estimate of drug-likeness (QED) is 0.120. The maximum absolute atomic E-state index is 11.6. The van der Waals surface area contributed by atoms with Crippen LogP contribution in [0.4, 0.5) is 0 Å². The van der Waals surface area contributed by atoms with Crippen molar-refractivity contribution < 1.29 is 54.2 Å². The van der Waals surface area contributed by atoms with Crippen molar-refractivity contribution in [2.75, 3.05) is 59.0 Å². The Hall–Kier alpha value is -3.75. The first-order chi connectivity index (χ1) is 18.4. The lowest BCUT2D eigenvalue weighted by molar-refractivity contribution is -0.144. The maximum Gasteiger partial charge on any atom is 0.317 e. The van der Waals surface area contributed by atoms with Gasteiger partial charge < -0.3 is 30.3 Å². The molecular weight excluding hydrogens is 518 g/mol. The normalized spacial score (nSPS) is 12.0. The number of hydrogen-bond donors (Lipinski definition) is 5. The summed E-state index contributed by atoms with van der Waals surface area (Å²) >= 11 is 0. The summed E-state index contributed by atoms with van der Waals surface area (Å²) in [7, 11) is 0. The van der Waals surface area contributed by atoms with Gasteiger partial charge in [-0.15, -0.1) is 0 Å². The Morgan fingerprint density at radius 3 is 1.64 bits per heavy atom. The molecule has 0 heterocycles. The summed E-state index contributed by atoms with van der Waals surface area (Å²) in [5.41, 5.74) is 0.734. The van der Waals surface area contributed by atoms with E-state index in [9.17, 15) is 39.3 Å². The first-order valence-corrected chi connectivity index (χ1v) is 12.4. The fourth-order valence-corrected chi connectivity index (χ4v) is 3.90. The Kier molecular flexibility index (Phi) is 15.1. The molecule has 1 rings (SSSR count). The van der Waals surface area contributed by atoms with Gasteiger partial charge in [0.2, 0.25) is 0 Å². The largest absolute Gasteiger partial charge is 0.494 e. The molecule has 1 atom stereocenters. The second-order valence-corrected chi connectivity index (χ2v) is 9.02. The van der Waals surface area contributed by atoms with Crippen LogP contribution in [0.1, 0.15) is 25.3 Å². The van der Waals surface area contributed by atoms with Crippen LogP contribution in [0.25, 0.3) is 0 Å². The minimum atomic E-state index is -1.26. The third kappa shape index (κ3) is 15.3. The van der Waals surface area contributed by atoms with Gasteiger partial charge in [0.1, 0.15) is 5.75 Å². The highest BCUT2D eigenvalue weighted by molar-refractivity contribution is 5.73. The number of rotatable bonds is 22. The van der Waals surface area contributed by atoms with Crippen molar-refractivity contribution in [2.24, 2.45) is 0 Å². The molecule has 0 aliphatic heterocycles. The molecule has 0 aliphatic carbocycles. The summed E-state index contributed by atoms with van der Waals surface area (Å²) < 4.78 is 5.65. The van der Waals surface area contributed by atoms with Crippen LogP contribution >= 0.6 is 0 Å². The van der Waals surface area contributed by atoms with E-state index >= 15 is 0 Å². The highest BCUT2D eigenvalue weighted by atomic mass is 16.5. The lowest BCUT2D eigenvalue weighted by Crippen LogP contribution is -2.51. The van der Waals surface area contributed by atoms with E-state index in [1.165, 1.54) is 9.80 Å². The van der Waals surface area contributed by atoms with Crippen LogP contribution in [0.15, 0.2) is 24.3 Å². The predicted molar refractivity (Wildman–Crippen MR) is 137 cm³/mol. The molecule has 14 nitrogen and oxygen atoms in total. The molecule has 0 saturated heterocycles. The van der Waals surface area contributed by atoms with Crippen molar-refractivity contribution >= 4 is 29.8 Å². The molecule has 0 radical (unpaired) electrons. The van der Waals surface area contributed by atoms with Crippen molar-refractivity contribution in [3.8, 4) is 5.75 Å². The molecule has 1 aromatic rings. The number of ether oxygens (including phenoxy) is 1. The van der Waals surface area contributed by atoms with Gasteiger partial charge in [-0.25, -0.2) is 0 Å². The van der Waals surface area contributed by atoms with Crippen LogP contribution in [0.2, 0.25) is 0 Å². The zero-order valence-electron chi connectivity index (χ0n) is 21.9. The average molecular weight is 556 g/mol. The number of carboxylic acids is 5. The molecule has 39 heavy (non-hydrogen) atoms. The first kappa shape index (κ1) is 33.3. The van der Waals surface area contributed by atoms with E-state index in [4.69, 9.17) is 14.9 Å². The molecule has 0 aliphatic rings. The monoisotopic (exact) mass is 555 g/mol. The van der Waals surface area contributed by atoms with Gasteiger partial charge in [0, 0.05) is 25.7 Å². The first-order valence-electron chi connectivity index (χ1n) is 12.4. The van der Waals surface area contributed by atoms with Gasteiger partial charge in [0.05, 0.1) is 39.3 Å². The number of benzene rings is 1. The molecule has 1 unspecified atom stereocenters. The van der Waals surface area contributed by atoms with E-state index in [1.54, 1.807) is 24.3 Å². The second-order valence-electron chi connectivity index (χ2n) is 9.02. The topological polar surface area (TPSA) is 205 Å². The Labute approximate surface area is 226 Å². The zero-order chi connectivity index (χ0) is 29.4. The molecule has 0 amide bonds. The predicted octanol–water partition coefficient (Wildman–Crippen LogP) is 0.106. The van der Waals surface area contributed by atoms with Gasteiger partial charge in [-0.2, -0.15) is 0 Å². The summed E-state index contributed by atoms with van der Waals surface area (Å²) in [6.45, 7) is -0.522. The van der Waals surface area contributed by atoms with E-state index < -0.39 is 68.6 Å². The number of carbonyl (C=O) groups is 5. The van der Waals surface area contributed by atoms with Crippen LogP contribution in [-0.2, 0) is 30.4 Å². The van der Waals surface area contributed by atoms with Crippen molar-refractivity contribution in [1.82, 2.24) is 14.7 Å². The molecule has 1 aromatic carbocycles. The second kappa shape index (κ2) is 17.7. The summed E-state index contributed by atoms with van der Waals surface area (Å²) in [6.07, 6.45) is 2.04. The summed E-state index contributed by atoms with van der Waals surface area (Å²) in [5, 5.41) is 46.4. The molecule has 14 heteroatoms. The fourth-order valence-electron chi connectivity index (χ4n) is 3.90. The Bertz CT molecular complexity index is 923. The van der Waals surface area contributed by atoms with Gasteiger partial charge in [-0.05, 0) is 30.5 Å². The number of aliphatic carboxylic acids is 5. The van der Waals surface area contributed by atoms with E-state index in [1.807, 2.05) is 6.92 Å². The molecule has 0 spiro atoms. The van der Waals surface area contributed by atoms with Gasteiger partial charge >= 0.3 is 29.8 Å². The minimum Gasteiger partial charge on any atom is -0.494 e. The average Bonchev–Trinajstić information content (AvgIpc) is 2.81. The van der Waals surface area contributed by atoms with Gasteiger partial charge in [0.15, 0.2) is 0 Å². The number of hydrogen-bond acceptors (Lipinski definition) is 9. The summed E-state index contributed by atoms with van der Waals surface area (Å²) in [4.78, 5) is 60.6. The van der Waals surface area contributed by atoms with Gasteiger partial charge in [-0.1, -0.05) is 25.5 Å². The Morgan fingerprint density at radius 1 is 0.718 bits per heavy atom. The van der Waals surface area contributed by atoms with Crippen LogP contribution in [0.5, 0.6) is 5.75 Å². The van der Waals surface area contributed by atoms with E-state index in [0.29, 0.717) is 12.4 Å². The maximum atomic E-state index is 11.6. The molecule has 0 aromatic heterocycles. The van der Waals surface area contributed by atoms with Gasteiger partial charge in [0.25, 0.3) is 0 Å². The Balaban J connectivity index is 3.19. The summed E-state index contributed by atoms with van der Waals surface area (Å²) in [6, 6.07) is 6.25. The van der Waals surface area contributed by atoms with E-state index in [2.05, 4.69) is 0 Å². The smallest absolute Gasteiger partial charge is 0.317 e. The van der Waals surface area contributed by atoms with Crippen molar-refractivity contribution in [3.63, 3.8) is 0 Å². The van der Waals surface area contributed by atoms with E-state index in [0.717, 1.165) is 23.3 Å². The highest BCUT2D eigenvalue weighted by Crippen LogP contribution is 2.17. The molecule has 0 fully saturated rings. The molecule has 0 saturated carbocycles. The van der Waals surface area contributed by atoms with Crippen molar-refractivity contribution in [3.05, 3.63) is 29.8 Å². The van der Waals surface area contributed by atoms with Crippen LogP contribution < -0.4 is 4.74 Å². The SMILES string of the molecule is CCCCOc1ccc(CC(CN(CCN(CC(=O)O)CC(=O)O)CC(=O)O)N(CC(=O)O)CC(=O)O)cc1. The molecule has 218 valence electrons. The number of unbranched alkanes of at least 4 members (excludes halogenated alkanes) is 1. The number of carboxylic acid groups (broad SMARTS) is 5. The minimum absolute atomic E-state index is 0.0540. The van der Waals surface area contributed by atoms with Gasteiger partial charge in [-0.3, -0.25) is 38.7 Å². The van der Waals surface area contributed by atoms with Crippen LogP contribution in [0.3, 0.4) is 0 Å². The number of nitrogens with zero attached hydrogens (tertiary/aromatic N) is 3. The standard InChI is InChI=1S/C25H37N3O11/c1-2-3-10-39-20-6-4-18(5-7-20)11-19(28(16-24(35)36)17-25(37)38)12-26(13-21(29)30)8-9-27(14-22(31)32)15-23(33)34/h4-7,19H,2-3,8-17H2,1H3,(H,29,30)(H,31,32)(H,33,34)(H,35,36)(H,37,38). The molecule has 5 N–H and O–H groups in total. The summed E-state index contributed by atoms with van der Waals surface area (Å²) in [5.74, 6) is -5.61. The van der Waals surface area contributed by atoms with Crippen molar-refractivity contribution in [2.45, 2.75) is 32.2 Å². The lowest BCUT2D eigenvalue weighted by Gasteiger charge is -2.34. The zero-order valence-corrected chi connectivity index (χ0v) is 21.9.